The van der Waals surface area contributed by atoms with Crippen LogP contribution < -0.4 is 0 Å². The first-order valence-corrected chi connectivity index (χ1v) is 13.3. The largest absolute Gasteiger partial charge is 0.393 e. The molecule has 1 nitrogen and oxygen atoms in total. The van der Waals surface area contributed by atoms with E-state index in [4.69, 9.17) is 0 Å². The smallest absolute Gasteiger partial charge is 0.0543 e. The average Bonchev–Trinajstić information content (AvgIpc) is 3.06. The van der Waals surface area contributed by atoms with E-state index in [1.807, 2.05) is 5.57 Å². The molecule has 0 saturated heterocycles. The molecule has 0 heterocycles. The zero-order valence-corrected chi connectivity index (χ0v) is 20.7. The fourth-order valence-electron chi connectivity index (χ4n) is 8.68. The quantitative estimate of drug-likeness (QED) is 0.457. The normalized spacial score (nSPS) is 45.6. The number of allylic oxidation sites excluding steroid dienone is 4. The summed E-state index contributed by atoms with van der Waals surface area (Å²) in [4.78, 5) is 0. The van der Waals surface area contributed by atoms with Crippen LogP contribution in [0.3, 0.4) is 0 Å². The van der Waals surface area contributed by atoms with Crippen molar-refractivity contribution < 1.29 is 5.11 Å². The average molecular weight is 413 g/mol. The Morgan fingerprint density at radius 3 is 2.40 bits per heavy atom. The van der Waals surface area contributed by atoms with Crippen molar-refractivity contribution >= 4 is 0 Å². The highest BCUT2D eigenvalue weighted by atomic mass is 16.3. The third-order valence-electron chi connectivity index (χ3n) is 10.7. The fourth-order valence-corrected chi connectivity index (χ4v) is 8.68. The molecule has 4 aliphatic rings. The molecule has 4 rings (SSSR count). The van der Waals surface area contributed by atoms with Crippen LogP contribution in [0.5, 0.6) is 0 Å². The molecule has 0 unspecified atom stereocenters. The van der Waals surface area contributed by atoms with Gasteiger partial charge in [0.05, 0.1) is 6.10 Å². The van der Waals surface area contributed by atoms with E-state index in [1.165, 1.54) is 44.9 Å². The molecule has 30 heavy (non-hydrogen) atoms. The molecule has 170 valence electrons. The minimum Gasteiger partial charge on any atom is -0.393 e. The molecule has 0 radical (unpaired) electrons. The summed E-state index contributed by atoms with van der Waals surface area (Å²) in [6, 6.07) is 0. The topological polar surface area (TPSA) is 20.2 Å². The third-order valence-corrected chi connectivity index (χ3v) is 10.7. The second-order valence-electron chi connectivity index (χ2n) is 12.5. The molecule has 0 aliphatic heterocycles. The van der Waals surface area contributed by atoms with Crippen molar-refractivity contribution in [3.8, 4) is 0 Å². The predicted molar refractivity (Wildman–Crippen MR) is 128 cm³/mol. The van der Waals surface area contributed by atoms with E-state index >= 15 is 0 Å². The maximum Gasteiger partial charge on any atom is 0.0543 e. The van der Waals surface area contributed by atoms with Crippen LogP contribution >= 0.6 is 0 Å². The van der Waals surface area contributed by atoms with E-state index in [0.717, 1.165) is 42.4 Å². The molecule has 1 heteroatoms. The van der Waals surface area contributed by atoms with Gasteiger partial charge in [0.25, 0.3) is 0 Å². The van der Waals surface area contributed by atoms with Gasteiger partial charge in [-0.05, 0) is 110 Å². The summed E-state index contributed by atoms with van der Waals surface area (Å²) < 4.78 is 0. The minimum atomic E-state index is -0.0480. The standard InChI is InChI=1S/C29H48O/c1-7-21(19(2)3)9-8-20(4)25-12-13-26-24-11-10-22-18-23(30)14-16-28(22,5)27(24)15-17-29(25,26)6/h8-9,11,19-23,25-27,30H,7,10,12-18H2,1-6H3/b9-8+/t20-,21-,22+,23-,25+,26+,27-,28-,29+/m1/s1. The molecule has 0 spiro atoms. The van der Waals surface area contributed by atoms with Crippen LogP contribution in [-0.4, -0.2) is 11.2 Å². The van der Waals surface area contributed by atoms with Gasteiger partial charge in [-0.25, -0.2) is 0 Å². The third kappa shape index (κ3) is 3.66. The van der Waals surface area contributed by atoms with Crippen LogP contribution in [0.1, 0.15) is 99.3 Å². The molecule has 0 aromatic carbocycles. The van der Waals surface area contributed by atoms with Crippen LogP contribution in [0.15, 0.2) is 23.8 Å². The van der Waals surface area contributed by atoms with Gasteiger partial charge in [-0.1, -0.05) is 65.3 Å². The van der Waals surface area contributed by atoms with Gasteiger partial charge in [-0.2, -0.15) is 0 Å². The Morgan fingerprint density at radius 1 is 1.00 bits per heavy atom. The number of aliphatic hydroxyl groups excluding tert-OH is 1. The summed E-state index contributed by atoms with van der Waals surface area (Å²) in [6.45, 7) is 14.8. The number of hydrogen-bond acceptors (Lipinski definition) is 1. The zero-order valence-electron chi connectivity index (χ0n) is 20.7. The van der Waals surface area contributed by atoms with E-state index in [0.29, 0.717) is 22.7 Å². The van der Waals surface area contributed by atoms with Gasteiger partial charge in [0, 0.05) is 0 Å². The van der Waals surface area contributed by atoms with Gasteiger partial charge in [-0.15, -0.1) is 0 Å². The maximum atomic E-state index is 10.3. The first-order chi connectivity index (χ1) is 14.2. The summed E-state index contributed by atoms with van der Waals surface area (Å²) in [5, 5.41) is 10.3. The predicted octanol–water partition coefficient (Wildman–Crippen LogP) is 7.80. The first-order valence-electron chi connectivity index (χ1n) is 13.3. The van der Waals surface area contributed by atoms with Gasteiger partial charge in [0.2, 0.25) is 0 Å². The lowest BCUT2D eigenvalue weighted by Gasteiger charge is -2.57. The Hall–Kier alpha value is -0.560. The van der Waals surface area contributed by atoms with E-state index < -0.39 is 0 Å². The summed E-state index contributed by atoms with van der Waals surface area (Å²) in [5.74, 6) is 5.32. The molecule has 0 amide bonds. The number of hydrogen-bond donors (Lipinski definition) is 1. The van der Waals surface area contributed by atoms with Crippen LogP contribution in [0.4, 0.5) is 0 Å². The maximum absolute atomic E-state index is 10.3. The number of aliphatic hydroxyl groups is 1. The van der Waals surface area contributed by atoms with Gasteiger partial charge in [0.15, 0.2) is 0 Å². The van der Waals surface area contributed by atoms with Crippen LogP contribution in [-0.2, 0) is 0 Å². The van der Waals surface area contributed by atoms with Gasteiger partial charge in [-0.3, -0.25) is 0 Å². The summed E-state index contributed by atoms with van der Waals surface area (Å²) in [7, 11) is 0. The molecular weight excluding hydrogens is 364 g/mol. The van der Waals surface area contributed by atoms with Crippen molar-refractivity contribution in [2.45, 2.75) is 105 Å². The molecule has 4 aliphatic carbocycles. The molecule has 3 fully saturated rings. The highest BCUT2D eigenvalue weighted by Crippen LogP contribution is 2.66. The Labute approximate surface area is 186 Å². The van der Waals surface area contributed by atoms with Crippen molar-refractivity contribution in [2.24, 2.45) is 52.3 Å². The van der Waals surface area contributed by atoms with Crippen LogP contribution in [0, 0.1) is 52.3 Å². The first kappa shape index (κ1) is 22.6. The number of fused-ring (bicyclic) bond motifs is 5. The fraction of sp³-hybridized carbons (Fsp3) is 0.862. The lowest BCUT2D eigenvalue weighted by Crippen LogP contribution is -2.49. The Bertz CT molecular complexity index is 674. The second kappa shape index (κ2) is 8.42. The van der Waals surface area contributed by atoms with Crippen molar-refractivity contribution in [2.75, 3.05) is 0 Å². The minimum absolute atomic E-state index is 0.0480. The second-order valence-corrected chi connectivity index (χ2v) is 12.5. The monoisotopic (exact) mass is 412 g/mol. The Balaban J connectivity index is 1.53. The Kier molecular flexibility index (Phi) is 6.35. The van der Waals surface area contributed by atoms with Gasteiger partial charge < -0.3 is 5.11 Å². The van der Waals surface area contributed by atoms with Crippen molar-refractivity contribution in [3.63, 3.8) is 0 Å². The highest BCUT2D eigenvalue weighted by molar-refractivity contribution is 5.28. The Morgan fingerprint density at radius 2 is 1.70 bits per heavy atom. The van der Waals surface area contributed by atoms with E-state index in [1.54, 1.807) is 0 Å². The van der Waals surface area contributed by atoms with E-state index in [2.05, 4.69) is 59.8 Å². The summed E-state index contributed by atoms with van der Waals surface area (Å²) in [5.41, 5.74) is 2.79. The summed E-state index contributed by atoms with van der Waals surface area (Å²) >= 11 is 0. The molecule has 0 aromatic heterocycles. The molecular formula is C29H48O. The van der Waals surface area contributed by atoms with Crippen LogP contribution in [0.2, 0.25) is 0 Å². The van der Waals surface area contributed by atoms with E-state index in [9.17, 15) is 5.11 Å². The van der Waals surface area contributed by atoms with Crippen molar-refractivity contribution in [1.82, 2.24) is 0 Å². The van der Waals surface area contributed by atoms with Gasteiger partial charge in [0.1, 0.15) is 0 Å². The van der Waals surface area contributed by atoms with Gasteiger partial charge >= 0.3 is 0 Å². The zero-order chi connectivity index (χ0) is 21.7. The van der Waals surface area contributed by atoms with E-state index in [-0.39, 0.29) is 6.10 Å². The molecule has 9 atom stereocenters. The molecule has 0 bridgehead atoms. The lowest BCUT2D eigenvalue weighted by molar-refractivity contribution is -0.0414. The van der Waals surface area contributed by atoms with Crippen molar-refractivity contribution in [3.05, 3.63) is 23.8 Å². The highest BCUT2D eigenvalue weighted by Gasteiger charge is 2.57. The van der Waals surface area contributed by atoms with Crippen LogP contribution in [0.25, 0.3) is 0 Å². The summed E-state index contributed by atoms with van der Waals surface area (Å²) in [6.07, 6.45) is 19.2. The SMILES string of the molecule is CC[C@H](/C=C/[C@@H](C)[C@@H]1CC[C@H]2C3=CC[C@H]4C[C@H](O)CC[C@@]4(C)[C@@H]3CC[C@]21C)C(C)C. The number of rotatable bonds is 5. The molecule has 0 aromatic rings. The molecule has 3 saturated carbocycles. The molecule has 1 N–H and O–H groups in total. The van der Waals surface area contributed by atoms with Crippen molar-refractivity contribution in [1.29, 1.82) is 0 Å². The lowest BCUT2D eigenvalue weighted by atomic mass is 9.47.